The number of aliphatic hydroxyl groups excluding tert-OH is 1. The van der Waals surface area contributed by atoms with Crippen LogP contribution in [0.15, 0.2) is 12.1 Å². The second-order valence-electron chi connectivity index (χ2n) is 4.57. The van der Waals surface area contributed by atoms with E-state index in [9.17, 15) is 18.0 Å². The van der Waals surface area contributed by atoms with Gasteiger partial charge in [0.15, 0.2) is 0 Å². The van der Waals surface area contributed by atoms with Gasteiger partial charge in [-0.25, -0.2) is 9.78 Å². The normalized spacial score (nSPS) is 13.3. The number of carbonyl (C=O) groups is 1. The number of aromatic nitrogens is 1. The van der Waals surface area contributed by atoms with Crippen molar-refractivity contribution in [2.75, 3.05) is 11.9 Å². The molecule has 20 heavy (non-hydrogen) atoms. The number of rotatable bonds is 5. The average Bonchev–Trinajstić information content (AvgIpc) is 2.33. The zero-order valence-corrected chi connectivity index (χ0v) is 10.9. The molecule has 0 amide bonds. The zero-order valence-electron chi connectivity index (χ0n) is 10.9. The molecule has 0 radical (unpaired) electrons. The van der Waals surface area contributed by atoms with Crippen molar-refractivity contribution >= 4 is 11.8 Å². The fourth-order valence-corrected chi connectivity index (χ4v) is 1.50. The Morgan fingerprint density at radius 1 is 1.40 bits per heavy atom. The molecule has 0 saturated heterocycles. The first-order valence-corrected chi connectivity index (χ1v) is 5.85. The van der Waals surface area contributed by atoms with E-state index in [1.54, 1.807) is 13.8 Å². The minimum atomic E-state index is -4.67. The van der Waals surface area contributed by atoms with Crippen LogP contribution in [0.1, 0.15) is 29.9 Å². The number of alkyl halides is 3. The third-order valence-electron chi connectivity index (χ3n) is 2.74. The summed E-state index contributed by atoms with van der Waals surface area (Å²) in [6, 6.07) is 0.858. The zero-order chi connectivity index (χ0) is 15.5. The molecule has 1 unspecified atom stereocenters. The van der Waals surface area contributed by atoms with E-state index in [1.165, 1.54) is 0 Å². The van der Waals surface area contributed by atoms with Crippen LogP contribution in [0.2, 0.25) is 0 Å². The van der Waals surface area contributed by atoms with E-state index in [2.05, 4.69) is 10.3 Å². The van der Waals surface area contributed by atoms with Crippen LogP contribution in [0.3, 0.4) is 0 Å². The number of nitrogens with zero attached hydrogens (tertiary/aromatic N) is 1. The molecule has 0 aliphatic rings. The minimum absolute atomic E-state index is 0.113. The quantitative estimate of drug-likeness (QED) is 0.775. The molecule has 0 spiro atoms. The van der Waals surface area contributed by atoms with Gasteiger partial charge in [-0.2, -0.15) is 13.2 Å². The first-order valence-electron chi connectivity index (χ1n) is 5.85. The van der Waals surface area contributed by atoms with Gasteiger partial charge in [0.1, 0.15) is 17.1 Å². The lowest BCUT2D eigenvalue weighted by molar-refractivity contribution is -0.141. The molecule has 0 bridgehead atoms. The lowest BCUT2D eigenvalue weighted by Gasteiger charge is -2.22. The van der Waals surface area contributed by atoms with Crippen LogP contribution in [-0.2, 0) is 6.18 Å². The van der Waals surface area contributed by atoms with Crippen molar-refractivity contribution in [3.05, 3.63) is 23.4 Å². The molecule has 5 nitrogen and oxygen atoms in total. The highest BCUT2D eigenvalue weighted by Gasteiger charge is 2.33. The van der Waals surface area contributed by atoms with Gasteiger partial charge in [-0.15, -0.1) is 0 Å². The standard InChI is InChI=1S/C12H15F3N2O3/c1-6(2)8(5-18)16-10-7(11(19)20)3-4-9(17-10)12(13,14)15/h3-4,6,8,18H,5H2,1-2H3,(H,16,17)(H,19,20). The molecule has 1 rings (SSSR count). The summed E-state index contributed by atoms with van der Waals surface area (Å²) in [5.74, 6) is -1.91. The van der Waals surface area contributed by atoms with Gasteiger partial charge in [-0.05, 0) is 18.1 Å². The van der Waals surface area contributed by atoms with Crippen molar-refractivity contribution in [1.82, 2.24) is 4.98 Å². The first kappa shape index (κ1) is 16.2. The Labute approximate surface area is 113 Å². The van der Waals surface area contributed by atoms with Crippen LogP contribution >= 0.6 is 0 Å². The van der Waals surface area contributed by atoms with Gasteiger partial charge in [0.05, 0.1) is 12.6 Å². The highest BCUT2D eigenvalue weighted by Crippen LogP contribution is 2.30. The number of nitrogens with one attached hydrogen (secondary N) is 1. The Balaban J connectivity index is 3.22. The number of aliphatic hydroxyl groups is 1. The number of hydrogen-bond acceptors (Lipinski definition) is 4. The molecular weight excluding hydrogens is 277 g/mol. The number of aromatic carboxylic acids is 1. The smallest absolute Gasteiger partial charge is 0.433 e. The molecule has 0 aliphatic heterocycles. The van der Waals surface area contributed by atoms with Crippen LogP contribution < -0.4 is 5.32 Å². The number of hydrogen-bond donors (Lipinski definition) is 3. The third kappa shape index (κ3) is 3.83. The van der Waals surface area contributed by atoms with Gasteiger partial charge in [-0.3, -0.25) is 0 Å². The van der Waals surface area contributed by atoms with Gasteiger partial charge in [-0.1, -0.05) is 13.8 Å². The Morgan fingerprint density at radius 2 is 2.00 bits per heavy atom. The van der Waals surface area contributed by atoms with E-state index in [0.29, 0.717) is 6.07 Å². The second-order valence-corrected chi connectivity index (χ2v) is 4.57. The Morgan fingerprint density at radius 3 is 2.40 bits per heavy atom. The Bertz CT molecular complexity index is 489. The van der Waals surface area contributed by atoms with E-state index in [-0.39, 0.29) is 18.1 Å². The maximum absolute atomic E-state index is 12.6. The summed E-state index contributed by atoms with van der Waals surface area (Å²) in [5, 5.41) is 20.7. The summed E-state index contributed by atoms with van der Waals surface area (Å²) in [6.45, 7) is 3.12. The first-order chi connectivity index (χ1) is 9.16. The van der Waals surface area contributed by atoms with Crippen molar-refractivity contribution in [1.29, 1.82) is 0 Å². The number of halogens is 3. The largest absolute Gasteiger partial charge is 0.478 e. The number of pyridine rings is 1. The maximum atomic E-state index is 12.6. The summed E-state index contributed by atoms with van der Waals surface area (Å²) < 4.78 is 37.8. The van der Waals surface area contributed by atoms with Crippen LogP contribution in [0.5, 0.6) is 0 Å². The molecular formula is C12H15F3N2O3. The predicted molar refractivity (Wildman–Crippen MR) is 65.5 cm³/mol. The molecule has 0 aliphatic carbocycles. The van der Waals surface area contributed by atoms with E-state index >= 15 is 0 Å². The van der Waals surface area contributed by atoms with Crippen molar-refractivity contribution in [2.24, 2.45) is 5.92 Å². The van der Waals surface area contributed by atoms with Gasteiger partial charge >= 0.3 is 12.1 Å². The average molecular weight is 292 g/mol. The second kappa shape index (κ2) is 6.08. The molecule has 1 aromatic rings. The number of carboxylic acid groups (broad SMARTS) is 1. The topological polar surface area (TPSA) is 82.5 Å². The van der Waals surface area contributed by atoms with Crippen LogP contribution in [0.25, 0.3) is 0 Å². The van der Waals surface area contributed by atoms with Crippen molar-refractivity contribution < 1.29 is 28.2 Å². The molecule has 0 aromatic carbocycles. The molecule has 0 saturated carbocycles. The Hall–Kier alpha value is -1.83. The summed E-state index contributed by atoms with van der Waals surface area (Å²) in [7, 11) is 0. The molecule has 1 aromatic heterocycles. The van der Waals surface area contributed by atoms with Crippen molar-refractivity contribution in [3.8, 4) is 0 Å². The summed E-state index contributed by atoms with van der Waals surface area (Å²) in [4.78, 5) is 14.3. The predicted octanol–water partition coefficient (Wildman–Crippen LogP) is 2.23. The summed E-state index contributed by atoms with van der Waals surface area (Å²) in [6.07, 6.45) is -4.67. The number of anilines is 1. The highest BCUT2D eigenvalue weighted by atomic mass is 19.4. The fraction of sp³-hybridized carbons (Fsp3) is 0.500. The fourth-order valence-electron chi connectivity index (χ4n) is 1.50. The SMILES string of the molecule is CC(C)C(CO)Nc1nc(C(F)(F)F)ccc1C(=O)O. The minimum Gasteiger partial charge on any atom is -0.478 e. The third-order valence-corrected chi connectivity index (χ3v) is 2.74. The van der Waals surface area contributed by atoms with Crippen LogP contribution in [0.4, 0.5) is 19.0 Å². The van der Waals surface area contributed by atoms with Gasteiger partial charge < -0.3 is 15.5 Å². The summed E-state index contributed by atoms with van der Waals surface area (Å²) >= 11 is 0. The van der Waals surface area contributed by atoms with E-state index < -0.39 is 29.7 Å². The van der Waals surface area contributed by atoms with E-state index in [1.807, 2.05) is 0 Å². The van der Waals surface area contributed by atoms with Gasteiger partial charge in [0.25, 0.3) is 0 Å². The number of carboxylic acids is 1. The molecule has 1 atom stereocenters. The molecule has 8 heteroatoms. The van der Waals surface area contributed by atoms with Gasteiger partial charge in [0.2, 0.25) is 0 Å². The monoisotopic (exact) mass is 292 g/mol. The van der Waals surface area contributed by atoms with E-state index in [4.69, 9.17) is 10.2 Å². The summed E-state index contributed by atoms with van der Waals surface area (Å²) in [5.41, 5.74) is -1.57. The molecule has 0 fully saturated rings. The maximum Gasteiger partial charge on any atom is 0.433 e. The van der Waals surface area contributed by atoms with Gasteiger partial charge in [0, 0.05) is 0 Å². The molecule has 1 heterocycles. The molecule has 112 valence electrons. The van der Waals surface area contributed by atoms with E-state index in [0.717, 1.165) is 6.07 Å². The Kier molecular flexibility index (Phi) is 4.93. The van der Waals surface area contributed by atoms with Crippen LogP contribution in [0, 0.1) is 5.92 Å². The van der Waals surface area contributed by atoms with Crippen LogP contribution in [-0.4, -0.2) is 33.8 Å². The lowest BCUT2D eigenvalue weighted by atomic mass is 10.1. The lowest BCUT2D eigenvalue weighted by Crippen LogP contribution is -2.31. The van der Waals surface area contributed by atoms with Crippen molar-refractivity contribution in [3.63, 3.8) is 0 Å². The van der Waals surface area contributed by atoms with Crippen molar-refractivity contribution in [2.45, 2.75) is 26.1 Å². The highest BCUT2D eigenvalue weighted by molar-refractivity contribution is 5.93. The molecule has 3 N–H and O–H groups in total.